The Labute approximate surface area is 128 Å². The maximum Gasteiger partial charge on any atom is 0.348 e. The highest BCUT2D eigenvalue weighted by atomic mass is 35.5. The molecule has 3 atom stereocenters. The number of halogens is 1. The molecule has 0 amide bonds. The summed E-state index contributed by atoms with van der Waals surface area (Å²) in [5.74, 6) is 0.534. The van der Waals surface area contributed by atoms with E-state index in [0.717, 1.165) is 32.1 Å². The number of thiophene rings is 1. The minimum absolute atomic E-state index is 0.209. The maximum atomic E-state index is 11.4. The van der Waals surface area contributed by atoms with Crippen LogP contribution in [0.25, 0.3) is 0 Å². The van der Waals surface area contributed by atoms with Crippen LogP contribution < -0.4 is 0 Å². The predicted molar refractivity (Wildman–Crippen MR) is 81.5 cm³/mol. The van der Waals surface area contributed by atoms with Crippen LogP contribution in [0.2, 0.25) is 0 Å². The van der Waals surface area contributed by atoms with Gasteiger partial charge in [-0.25, -0.2) is 4.79 Å². The summed E-state index contributed by atoms with van der Waals surface area (Å²) < 4.78 is 4.70. The fraction of sp³-hybridized carbons (Fsp3) is 0.667. The van der Waals surface area contributed by atoms with Crippen LogP contribution in [0.4, 0.5) is 0 Å². The van der Waals surface area contributed by atoms with Gasteiger partial charge in [0.05, 0.1) is 7.11 Å². The van der Waals surface area contributed by atoms with E-state index in [1.807, 2.05) is 12.1 Å². The molecule has 1 heterocycles. The van der Waals surface area contributed by atoms with Crippen LogP contribution in [-0.2, 0) is 11.2 Å². The number of aliphatic hydroxyl groups excluding tert-OH is 1. The highest BCUT2D eigenvalue weighted by Crippen LogP contribution is 2.38. The molecule has 20 heavy (non-hydrogen) atoms. The minimum Gasteiger partial charge on any atom is -0.465 e. The number of hydrogen-bond acceptors (Lipinski definition) is 4. The van der Waals surface area contributed by atoms with E-state index in [9.17, 15) is 9.90 Å². The standard InChI is InChI=1S/C15H21ClO3S/c1-19-15(18)14-8-6-11(20-14)3-2-4-12-10(9-17)5-7-13(12)16/h6,8,10,12-13,17H,2-5,7,9H2,1H3/t10-,12?,13-/m1/s1. The Morgan fingerprint density at radius 1 is 1.50 bits per heavy atom. The van der Waals surface area contributed by atoms with Gasteiger partial charge in [0.15, 0.2) is 0 Å². The maximum absolute atomic E-state index is 11.4. The Balaban J connectivity index is 1.80. The molecule has 1 aromatic heterocycles. The molecule has 1 aromatic rings. The number of aliphatic hydroxyl groups is 1. The van der Waals surface area contributed by atoms with Crippen molar-refractivity contribution in [2.24, 2.45) is 11.8 Å². The fourth-order valence-electron chi connectivity index (χ4n) is 2.97. The van der Waals surface area contributed by atoms with Gasteiger partial charge in [-0.3, -0.25) is 0 Å². The first-order chi connectivity index (χ1) is 9.65. The van der Waals surface area contributed by atoms with Crippen LogP contribution in [-0.4, -0.2) is 30.2 Å². The van der Waals surface area contributed by atoms with Crippen molar-refractivity contribution in [2.75, 3.05) is 13.7 Å². The molecule has 0 spiro atoms. The molecule has 0 radical (unpaired) electrons. The molecule has 2 rings (SSSR count). The molecule has 1 aliphatic carbocycles. The molecule has 112 valence electrons. The number of esters is 1. The monoisotopic (exact) mass is 316 g/mol. The number of hydrogen-bond donors (Lipinski definition) is 1. The number of alkyl halides is 1. The zero-order valence-corrected chi connectivity index (χ0v) is 13.3. The number of aryl methyl sites for hydroxylation is 1. The first-order valence-corrected chi connectivity index (χ1v) is 8.33. The van der Waals surface area contributed by atoms with E-state index in [1.54, 1.807) is 0 Å². The second-order valence-corrected chi connectivity index (χ2v) is 7.08. The molecule has 0 saturated heterocycles. The van der Waals surface area contributed by atoms with Gasteiger partial charge in [-0.1, -0.05) is 0 Å². The van der Waals surface area contributed by atoms with Gasteiger partial charge >= 0.3 is 5.97 Å². The van der Waals surface area contributed by atoms with Gasteiger partial charge in [-0.05, 0) is 56.1 Å². The molecule has 1 saturated carbocycles. The van der Waals surface area contributed by atoms with E-state index in [1.165, 1.54) is 23.3 Å². The molecule has 1 fully saturated rings. The van der Waals surface area contributed by atoms with Crippen LogP contribution in [0.1, 0.15) is 40.2 Å². The Bertz CT molecular complexity index is 446. The summed E-state index contributed by atoms with van der Waals surface area (Å²) in [6.07, 6.45) is 5.11. The number of rotatable bonds is 6. The largest absolute Gasteiger partial charge is 0.465 e. The van der Waals surface area contributed by atoms with E-state index in [0.29, 0.717) is 16.7 Å². The predicted octanol–water partition coefficient (Wildman–Crippen LogP) is 3.48. The minimum atomic E-state index is -0.266. The molecule has 0 aliphatic heterocycles. The van der Waals surface area contributed by atoms with Crippen molar-refractivity contribution in [1.29, 1.82) is 0 Å². The van der Waals surface area contributed by atoms with Gasteiger partial charge in [0, 0.05) is 16.9 Å². The molecule has 1 unspecified atom stereocenters. The summed E-state index contributed by atoms with van der Waals surface area (Å²) in [5.41, 5.74) is 0. The second-order valence-electron chi connectivity index (χ2n) is 5.35. The number of carbonyl (C=O) groups excluding carboxylic acids is 1. The lowest BCUT2D eigenvalue weighted by atomic mass is 9.91. The molecule has 3 nitrogen and oxygen atoms in total. The van der Waals surface area contributed by atoms with Crippen molar-refractivity contribution in [3.8, 4) is 0 Å². The Kier molecular flexibility index (Phi) is 5.87. The smallest absolute Gasteiger partial charge is 0.348 e. The third kappa shape index (κ3) is 3.74. The summed E-state index contributed by atoms with van der Waals surface area (Å²) in [7, 11) is 1.40. The van der Waals surface area contributed by atoms with Gasteiger partial charge in [0.1, 0.15) is 4.88 Å². The molecule has 0 bridgehead atoms. The van der Waals surface area contributed by atoms with Crippen molar-refractivity contribution in [1.82, 2.24) is 0 Å². The number of methoxy groups -OCH3 is 1. The van der Waals surface area contributed by atoms with Gasteiger partial charge in [-0.2, -0.15) is 0 Å². The van der Waals surface area contributed by atoms with Crippen LogP contribution >= 0.6 is 22.9 Å². The molecular weight excluding hydrogens is 296 g/mol. The normalized spacial score (nSPS) is 25.9. The topological polar surface area (TPSA) is 46.5 Å². The van der Waals surface area contributed by atoms with Gasteiger partial charge in [-0.15, -0.1) is 22.9 Å². The van der Waals surface area contributed by atoms with Crippen molar-refractivity contribution < 1.29 is 14.6 Å². The Morgan fingerprint density at radius 3 is 3.00 bits per heavy atom. The highest BCUT2D eigenvalue weighted by Gasteiger charge is 2.33. The molecular formula is C15H21ClO3S. The lowest BCUT2D eigenvalue weighted by Crippen LogP contribution is -2.18. The molecule has 1 N–H and O–H groups in total. The van der Waals surface area contributed by atoms with Crippen LogP contribution in [0.3, 0.4) is 0 Å². The number of carbonyl (C=O) groups is 1. The average molecular weight is 317 g/mol. The molecule has 5 heteroatoms. The van der Waals surface area contributed by atoms with E-state index in [2.05, 4.69) is 0 Å². The van der Waals surface area contributed by atoms with Crippen molar-refractivity contribution >= 4 is 28.9 Å². The zero-order valence-electron chi connectivity index (χ0n) is 11.7. The summed E-state index contributed by atoms with van der Waals surface area (Å²) in [6.45, 7) is 0.249. The van der Waals surface area contributed by atoms with E-state index in [4.69, 9.17) is 16.3 Å². The van der Waals surface area contributed by atoms with E-state index >= 15 is 0 Å². The van der Waals surface area contributed by atoms with Crippen molar-refractivity contribution in [3.05, 3.63) is 21.9 Å². The lowest BCUT2D eigenvalue weighted by Gasteiger charge is -2.19. The first kappa shape index (κ1) is 15.8. The second kappa shape index (κ2) is 7.43. The summed E-state index contributed by atoms with van der Waals surface area (Å²) >= 11 is 7.83. The summed E-state index contributed by atoms with van der Waals surface area (Å²) in [6, 6.07) is 3.82. The molecule has 1 aliphatic rings. The van der Waals surface area contributed by atoms with Crippen LogP contribution in [0.5, 0.6) is 0 Å². The van der Waals surface area contributed by atoms with Gasteiger partial charge < -0.3 is 9.84 Å². The average Bonchev–Trinajstić information content (AvgIpc) is 3.06. The Morgan fingerprint density at radius 2 is 2.30 bits per heavy atom. The van der Waals surface area contributed by atoms with E-state index < -0.39 is 0 Å². The van der Waals surface area contributed by atoms with Crippen LogP contribution in [0.15, 0.2) is 12.1 Å². The first-order valence-electron chi connectivity index (χ1n) is 7.07. The third-order valence-corrected chi connectivity index (χ3v) is 5.79. The highest BCUT2D eigenvalue weighted by molar-refractivity contribution is 7.13. The quantitative estimate of drug-likeness (QED) is 0.645. The van der Waals surface area contributed by atoms with E-state index in [-0.39, 0.29) is 18.0 Å². The fourth-order valence-corrected chi connectivity index (χ4v) is 4.40. The van der Waals surface area contributed by atoms with Crippen LogP contribution in [0, 0.1) is 11.8 Å². The number of ether oxygens (including phenoxy) is 1. The summed E-state index contributed by atoms with van der Waals surface area (Å²) in [5, 5.41) is 9.56. The third-order valence-electron chi connectivity index (χ3n) is 4.13. The van der Waals surface area contributed by atoms with Gasteiger partial charge in [0.25, 0.3) is 0 Å². The van der Waals surface area contributed by atoms with Gasteiger partial charge in [0.2, 0.25) is 0 Å². The lowest BCUT2D eigenvalue weighted by molar-refractivity contribution is 0.0606. The molecule has 0 aromatic carbocycles. The van der Waals surface area contributed by atoms with Crippen molar-refractivity contribution in [2.45, 2.75) is 37.5 Å². The Hall–Kier alpha value is -0.580. The SMILES string of the molecule is COC(=O)c1ccc(CCCC2[C@@H](CO)CC[C@H]2Cl)s1. The van der Waals surface area contributed by atoms with Crippen molar-refractivity contribution in [3.63, 3.8) is 0 Å². The summed E-state index contributed by atoms with van der Waals surface area (Å²) in [4.78, 5) is 13.2. The zero-order chi connectivity index (χ0) is 14.5.